The van der Waals surface area contributed by atoms with E-state index in [1.54, 1.807) is 0 Å². The Morgan fingerprint density at radius 1 is 1.16 bits per heavy atom. The lowest BCUT2D eigenvalue weighted by atomic mass is 10.1. The number of nitrogen functional groups attached to an aromatic ring is 1. The summed E-state index contributed by atoms with van der Waals surface area (Å²) < 4.78 is 26.3. The molecule has 98 valence electrons. The van der Waals surface area contributed by atoms with Crippen molar-refractivity contribution in [1.29, 1.82) is 0 Å². The van der Waals surface area contributed by atoms with Crippen LogP contribution in [0.4, 0.5) is 20.2 Å². The number of aromatic hydroxyl groups is 1. The lowest BCUT2D eigenvalue weighted by Gasteiger charge is -2.08. The molecule has 0 aromatic heterocycles. The number of amides is 1. The fraction of sp³-hybridized carbons (Fsp3) is 0. The smallest absolute Gasteiger partial charge is 0.259 e. The average Bonchev–Trinajstić information content (AvgIpc) is 2.32. The van der Waals surface area contributed by atoms with Gasteiger partial charge < -0.3 is 16.2 Å². The summed E-state index contributed by atoms with van der Waals surface area (Å²) in [6.45, 7) is 0. The molecule has 4 nitrogen and oxygen atoms in total. The highest BCUT2D eigenvalue weighted by Crippen LogP contribution is 2.22. The first-order valence-electron chi connectivity index (χ1n) is 5.32. The second-order valence-corrected chi connectivity index (χ2v) is 3.85. The van der Waals surface area contributed by atoms with Gasteiger partial charge in [-0.2, -0.15) is 0 Å². The maximum atomic E-state index is 13.5. The molecule has 0 radical (unpaired) electrons. The number of rotatable bonds is 2. The number of carbonyl (C=O) groups excluding carboxylic acids is 1. The predicted octanol–water partition coefficient (Wildman–Crippen LogP) is 2.50. The fourth-order valence-electron chi connectivity index (χ4n) is 1.52. The summed E-state index contributed by atoms with van der Waals surface area (Å²) >= 11 is 0. The predicted molar refractivity (Wildman–Crippen MR) is 66.8 cm³/mol. The van der Waals surface area contributed by atoms with Gasteiger partial charge in [-0.3, -0.25) is 4.79 Å². The Balaban J connectivity index is 2.25. The molecule has 2 aromatic rings. The largest absolute Gasteiger partial charge is 0.507 e. The minimum absolute atomic E-state index is 0.0806. The Bertz CT molecular complexity index is 645. The van der Waals surface area contributed by atoms with Crippen LogP contribution in [0.3, 0.4) is 0 Å². The third kappa shape index (κ3) is 2.79. The van der Waals surface area contributed by atoms with Gasteiger partial charge in [-0.05, 0) is 30.3 Å². The molecule has 4 N–H and O–H groups in total. The van der Waals surface area contributed by atoms with E-state index in [0.29, 0.717) is 0 Å². The number of hydrogen-bond acceptors (Lipinski definition) is 3. The monoisotopic (exact) mass is 264 g/mol. The number of nitrogens with two attached hydrogens (primary N) is 1. The van der Waals surface area contributed by atoms with Gasteiger partial charge in [0, 0.05) is 11.8 Å². The molecular formula is C13H10F2N2O2. The molecule has 0 saturated heterocycles. The zero-order chi connectivity index (χ0) is 14.0. The normalized spacial score (nSPS) is 10.2. The van der Waals surface area contributed by atoms with Gasteiger partial charge in [-0.15, -0.1) is 0 Å². The number of benzene rings is 2. The first kappa shape index (κ1) is 12.8. The molecule has 6 heteroatoms. The molecular weight excluding hydrogens is 254 g/mol. The summed E-state index contributed by atoms with van der Waals surface area (Å²) in [7, 11) is 0. The summed E-state index contributed by atoms with van der Waals surface area (Å²) in [6, 6.07) is 6.70. The van der Waals surface area contributed by atoms with Crippen LogP contribution in [0, 0.1) is 11.6 Å². The number of halogens is 2. The maximum Gasteiger partial charge on any atom is 0.259 e. The standard InChI is InChI=1S/C13H10F2N2O2/c14-7-1-3-9(12(18)5-7)13(19)17-11-4-2-8(16)6-10(11)15/h1-6,18H,16H2,(H,17,19). The van der Waals surface area contributed by atoms with Crippen molar-refractivity contribution in [3.05, 3.63) is 53.6 Å². The molecule has 0 saturated carbocycles. The van der Waals surface area contributed by atoms with Crippen molar-refractivity contribution in [3.63, 3.8) is 0 Å². The summed E-state index contributed by atoms with van der Waals surface area (Å²) in [4.78, 5) is 11.8. The van der Waals surface area contributed by atoms with Gasteiger partial charge in [0.1, 0.15) is 17.4 Å². The molecule has 0 atom stereocenters. The topological polar surface area (TPSA) is 75.3 Å². The van der Waals surface area contributed by atoms with Crippen molar-refractivity contribution < 1.29 is 18.7 Å². The molecule has 0 bridgehead atoms. The number of hydrogen-bond donors (Lipinski definition) is 3. The Labute approximate surface area is 107 Å². The van der Waals surface area contributed by atoms with Crippen LogP contribution in [0.15, 0.2) is 36.4 Å². The van der Waals surface area contributed by atoms with E-state index in [-0.39, 0.29) is 16.9 Å². The first-order valence-corrected chi connectivity index (χ1v) is 5.32. The van der Waals surface area contributed by atoms with E-state index in [4.69, 9.17) is 5.73 Å². The van der Waals surface area contributed by atoms with Crippen molar-refractivity contribution >= 4 is 17.3 Å². The van der Waals surface area contributed by atoms with Gasteiger partial charge in [0.25, 0.3) is 5.91 Å². The molecule has 19 heavy (non-hydrogen) atoms. The van der Waals surface area contributed by atoms with Crippen LogP contribution in [0.1, 0.15) is 10.4 Å². The molecule has 0 heterocycles. The zero-order valence-corrected chi connectivity index (χ0v) is 9.65. The Kier molecular flexibility index (Phi) is 3.33. The van der Waals surface area contributed by atoms with Gasteiger partial charge in [0.2, 0.25) is 0 Å². The van der Waals surface area contributed by atoms with Crippen molar-refractivity contribution in [2.45, 2.75) is 0 Å². The second kappa shape index (κ2) is 4.93. The second-order valence-electron chi connectivity index (χ2n) is 3.85. The maximum absolute atomic E-state index is 13.5. The Hall–Kier alpha value is -2.63. The Morgan fingerprint density at radius 2 is 1.89 bits per heavy atom. The third-order valence-electron chi connectivity index (χ3n) is 2.45. The summed E-state index contributed by atoms with van der Waals surface area (Å²) in [5.41, 5.74) is 5.36. The van der Waals surface area contributed by atoms with Crippen LogP contribution in [0.5, 0.6) is 5.75 Å². The zero-order valence-electron chi connectivity index (χ0n) is 9.65. The molecule has 2 aromatic carbocycles. The van der Waals surface area contributed by atoms with Crippen LogP contribution in [-0.2, 0) is 0 Å². The molecule has 0 unspecified atom stereocenters. The van der Waals surface area contributed by atoms with E-state index in [9.17, 15) is 18.7 Å². The van der Waals surface area contributed by atoms with E-state index in [1.807, 2.05) is 0 Å². The van der Waals surface area contributed by atoms with Gasteiger partial charge >= 0.3 is 0 Å². The van der Waals surface area contributed by atoms with Crippen LogP contribution in [0.2, 0.25) is 0 Å². The van der Waals surface area contributed by atoms with Crippen LogP contribution >= 0.6 is 0 Å². The fourth-order valence-corrected chi connectivity index (χ4v) is 1.52. The average molecular weight is 264 g/mol. The highest BCUT2D eigenvalue weighted by Gasteiger charge is 2.13. The van der Waals surface area contributed by atoms with Gasteiger partial charge in [-0.1, -0.05) is 0 Å². The van der Waals surface area contributed by atoms with Crippen LogP contribution in [-0.4, -0.2) is 11.0 Å². The molecule has 2 rings (SSSR count). The number of carbonyl (C=O) groups is 1. The molecule has 1 amide bonds. The van der Waals surface area contributed by atoms with E-state index in [1.165, 1.54) is 12.1 Å². The van der Waals surface area contributed by atoms with E-state index >= 15 is 0 Å². The van der Waals surface area contributed by atoms with Crippen LogP contribution < -0.4 is 11.1 Å². The summed E-state index contributed by atoms with van der Waals surface area (Å²) in [5.74, 6) is -2.64. The lowest BCUT2D eigenvalue weighted by molar-refractivity contribution is 0.102. The van der Waals surface area contributed by atoms with Crippen molar-refractivity contribution in [1.82, 2.24) is 0 Å². The SMILES string of the molecule is Nc1ccc(NC(=O)c2ccc(F)cc2O)c(F)c1. The highest BCUT2D eigenvalue weighted by atomic mass is 19.1. The molecule has 0 spiro atoms. The van der Waals surface area contributed by atoms with E-state index in [0.717, 1.165) is 24.3 Å². The minimum Gasteiger partial charge on any atom is -0.507 e. The molecule has 0 fully saturated rings. The molecule has 0 aliphatic rings. The number of nitrogens with one attached hydrogen (secondary N) is 1. The summed E-state index contributed by atoms with van der Waals surface area (Å²) in [6.07, 6.45) is 0. The van der Waals surface area contributed by atoms with Crippen molar-refractivity contribution in [2.24, 2.45) is 0 Å². The van der Waals surface area contributed by atoms with Gasteiger partial charge in [-0.25, -0.2) is 8.78 Å². The van der Waals surface area contributed by atoms with Gasteiger partial charge in [0.15, 0.2) is 0 Å². The lowest BCUT2D eigenvalue weighted by Crippen LogP contribution is -2.13. The summed E-state index contributed by atoms with van der Waals surface area (Å²) in [5, 5.41) is 11.7. The number of phenols is 1. The highest BCUT2D eigenvalue weighted by molar-refractivity contribution is 6.06. The quantitative estimate of drug-likeness (QED) is 0.729. The first-order chi connectivity index (χ1) is 8.97. The van der Waals surface area contributed by atoms with E-state index < -0.39 is 23.3 Å². The van der Waals surface area contributed by atoms with E-state index in [2.05, 4.69) is 5.32 Å². The van der Waals surface area contributed by atoms with Gasteiger partial charge in [0.05, 0.1) is 11.3 Å². The molecule has 0 aliphatic carbocycles. The van der Waals surface area contributed by atoms with Crippen molar-refractivity contribution in [3.8, 4) is 5.75 Å². The van der Waals surface area contributed by atoms with Crippen LogP contribution in [0.25, 0.3) is 0 Å². The number of anilines is 2. The van der Waals surface area contributed by atoms with Crippen molar-refractivity contribution in [2.75, 3.05) is 11.1 Å². The number of phenolic OH excluding ortho intramolecular Hbond substituents is 1. The molecule has 0 aliphatic heterocycles. The Morgan fingerprint density at radius 3 is 2.53 bits per heavy atom. The third-order valence-corrected chi connectivity index (χ3v) is 2.45. The minimum atomic E-state index is -0.749.